The van der Waals surface area contributed by atoms with E-state index in [1.54, 1.807) is 0 Å². The minimum absolute atomic E-state index is 0.773. The van der Waals surface area contributed by atoms with E-state index in [0.717, 1.165) is 37.6 Å². The fraction of sp³-hybridized carbons (Fsp3) is 0.583. The molecule has 0 aliphatic heterocycles. The van der Waals surface area contributed by atoms with Crippen molar-refractivity contribution in [3.05, 3.63) is 36.4 Å². The Morgan fingerprint density at radius 3 is 1.42 bits per heavy atom. The summed E-state index contributed by atoms with van der Waals surface area (Å²) >= 11 is 0. The highest BCUT2D eigenvalue weighted by molar-refractivity contribution is 5.86. The van der Waals surface area contributed by atoms with Gasteiger partial charge >= 0.3 is 0 Å². The second-order valence-corrected chi connectivity index (χ2v) is 7.17. The number of hydrogen-bond acceptors (Lipinski definition) is 2. The molecule has 0 spiro atoms. The van der Waals surface area contributed by atoms with Gasteiger partial charge in [-0.05, 0) is 35.7 Å². The number of benzene rings is 2. The Morgan fingerprint density at radius 2 is 1.00 bits per heavy atom. The van der Waals surface area contributed by atoms with Gasteiger partial charge in [-0.25, -0.2) is 0 Å². The molecule has 0 N–H and O–H groups in total. The van der Waals surface area contributed by atoms with E-state index in [1.165, 1.54) is 62.1 Å². The van der Waals surface area contributed by atoms with Crippen molar-refractivity contribution in [3.63, 3.8) is 0 Å². The first-order chi connectivity index (χ1) is 12.8. The predicted molar refractivity (Wildman–Crippen MR) is 112 cm³/mol. The molecule has 0 radical (unpaired) electrons. The second kappa shape index (κ2) is 12.6. The molecule has 0 saturated carbocycles. The van der Waals surface area contributed by atoms with E-state index < -0.39 is 0 Å². The molecule has 2 nitrogen and oxygen atoms in total. The zero-order valence-electron chi connectivity index (χ0n) is 16.8. The molecule has 0 aliphatic carbocycles. The monoisotopic (exact) mass is 356 g/mol. The molecule has 0 unspecified atom stereocenters. The van der Waals surface area contributed by atoms with Crippen LogP contribution in [-0.4, -0.2) is 13.2 Å². The Morgan fingerprint density at radius 1 is 0.577 bits per heavy atom. The first-order valence-corrected chi connectivity index (χ1v) is 10.6. The first kappa shape index (κ1) is 20.6. The van der Waals surface area contributed by atoms with Crippen LogP contribution in [0.3, 0.4) is 0 Å². The van der Waals surface area contributed by atoms with Crippen molar-refractivity contribution in [2.24, 2.45) is 0 Å². The lowest BCUT2D eigenvalue weighted by Gasteiger charge is -2.14. The van der Waals surface area contributed by atoms with Crippen LogP contribution in [0.5, 0.6) is 11.5 Å². The third-order valence-corrected chi connectivity index (χ3v) is 4.82. The smallest absolute Gasteiger partial charge is 0.161 e. The van der Waals surface area contributed by atoms with E-state index in [1.807, 2.05) is 0 Å². The van der Waals surface area contributed by atoms with Gasteiger partial charge in [-0.2, -0.15) is 0 Å². The maximum absolute atomic E-state index is 6.10. The summed E-state index contributed by atoms with van der Waals surface area (Å²) in [4.78, 5) is 0. The molecule has 2 aromatic rings. The van der Waals surface area contributed by atoms with Crippen LogP contribution >= 0.6 is 0 Å². The van der Waals surface area contributed by atoms with Gasteiger partial charge in [-0.1, -0.05) is 89.5 Å². The highest BCUT2D eigenvalue weighted by Crippen LogP contribution is 2.33. The van der Waals surface area contributed by atoms with E-state index in [0.29, 0.717) is 0 Å². The molecular formula is C24H36O2. The third-order valence-electron chi connectivity index (χ3n) is 4.82. The topological polar surface area (TPSA) is 18.5 Å². The SMILES string of the molecule is CCCCCCCOc1cc2ccccc2cc1OCCCCCCC. The average Bonchev–Trinajstić information content (AvgIpc) is 2.67. The Labute approximate surface area is 159 Å². The van der Waals surface area contributed by atoms with Crippen LogP contribution in [0.2, 0.25) is 0 Å². The van der Waals surface area contributed by atoms with E-state index in [2.05, 4.69) is 50.2 Å². The largest absolute Gasteiger partial charge is 0.490 e. The summed E-state index contributed by atoms with van der Waals surface area (Å²) in [6.07, 6.45) is 12.5. The number of fused-ring (bicyclic) bond motifs is 1. The van der Waals surface area contributed by atoms with Gasteiger partial charge < -0.3 is 9.47 Å². The van der Waals surface area contributed by atoms with Crippen molar-refractivity contribution in [1.29, 1.82) is 0 Å². The predicted octanol–water partition coefficient (Wildman–Crippen LogP) is 7.54. The fourth-order valence-electron chi connectivity index (χ4n) is 3.20. The van der Waals surface area contributed by atoms with Crippen LogP contribution < -0.4 is 9.47 Å². The summed E-state index contributed by atoms with van der Waals surface area (Å²) in [6, 6.07) is 12.7. The van der Waals surface area contributed by atoms with Gasteiger partial charge in [0.2, 0.25) is 0 Å². The van der Waals surface area contributed by atoms with Crippen molar-refractivity contribution in [3.8, 4) is 11.5 Å². The van der Waals surface area contributed by atoms with E-state index >= 15 is 0 Å². The maximum atomic E-state index is 6.10. The van der Waals surface area contributed by atoms with Crippen molar-refractivity contribution >= 4 is 10.8 Å². The third kappa shape index (κ3) is 7.27. The highest BCUT2D eigenvalue weighted by atomic mass is 16.5. The molecule has 2 heteroatoms. The van der Waals surface area contributed by atoms with Crippen LogP contribution in [0.25, 0.3) is 10.8 Å². The Bertz CT molecular complexity index is 566. The van der Waals surface area contributed by atoms with E-state index in [-0.39, 0.29) is 0 Å². The van der Waals surface area contributed by atoms with Crippen LogP contribution in [0.4, 0.5) is 0 Å². The fourth-order valence-corrected chi connectivity index (χ4v) is 3.20. The normalized spacial score (nSPS) is 11.0. The molecule has 0 fully saturated rings. The molecule has 0 bridgehead atoms. The summed E-state index contributed by atoms with van der Waals surface area (Å²) in [5, 5.41) is 2.42. The van der Waals surface area contributed by atoms with Gasteiger partial charge in [0.25, 0.3) is 0 Å². The summed E-state index contributed by atoms with van der Waals surface area (Å²) in [5.41, 5.74) is 0. The number of rotatable bonds is 14. The standard InChI is InChI=1S/C24H36O2/c1-3-5-7-9-13-17-25-23-19-21-15-11-12-16-22(21)20-24(23)26-18-14-10-8-6-4-2/h11-12,15-16,19-20H,3-10,13-14,17-18H2,1-2H3. The molecule has 144 valence electrons. The Hall–Kier alpha value is -1.70. The van der Waals surface area contributed by atoms with Gasteiger partial charge in [0.05, 0.1) is 13.2 Å². The minimum atomic E-state index is 0.773. The van der Waals surface area contributed by atoms with Crippen LogP contribution in [0.15, 0.2) is 36.4 Å². The Balaban J connectivity index is 1.91. The summed E-state index contributed by atoms with van der Waals surface area (Å²) in [6.45, 7) is 6.04. The molecule has 2 aromatic carbocycles. The summed E-state index contributed by atoms with van der Waals surface area (Å²) in [5.74, 6) is 1.79. The number of hydrogen-bond donors (Lipinski definition) is 0. The molecule has 0 aromatic heterocycles. The highest BCUT2D eigenvalue weighted by Gasteiger charge is 2.08. The van der Waals surface area contributed by atoms with Gasteiger partial charge in [-0.15, -0.1) is 0 Å². The van der Waals surface area contributed by atoms with E-state index in [4.69, 9.17) is 9.47 Å². The van der Waals surface area contributed by atoms with Gasteiger partial charge in [-0.3, -0.25) is 0 Å². The zero-order chi connectivity index (χ0) is 18.5. The molecule has 0 atom stereocenters. The van der Waals surface area contributed by atoms with Gasteiger partial charge in [0, 0.05) is 0 Å². The van der Waals surface area contributed by atoms with Gasteiger partial charge in [0.1, 0.15) is 0 Å². The summed E-state index contributed by atoms with van der Waals surface area (Å²) < 4.78 is 12.2. The second-order valence-electron chi connectivity index (χ2n) is 7.17. The molecule has 26 heavy (non-hydrogen) atoms. The van der Waals surface area contributed by atoms with Crippen LogP contribution in [0, 0.1) is 0 Å². The number of unbranched alkanes of at least 4 members (excludes halogenated alkanes) is 8. The van der Waals surface area contributed by atoms with Crippen molar-refractivity contribution in [2.75, 3.05) is 13.2 Å². The minimum Gasteiger partial charge on any atom is -0.490 e. The Kier molecular flexibility index (Phi) is 10.0. The van der Waals surface area contributed by atoms with Crippen LogP contribution in [0.1, 0.15) is 78.1 Å². The molecule has 0 heterocycles. The van der Waals surface area contributed by atoms with Gasteiger partial charge in [0.15, 0.2) is 11.5 Å². The summed E-state index contributed by atoms with van der Waals surface area (Å²) in [7, 11) is 0. The quantitative estimate of drug-likeness (QED) is 0.325. The maximum Gasteiger partial charge on any atom is 0.161 e. The van der Waals surface area contributed by atoms with Crippen molar-refractivity contribution in [2.45, 2.75) is 78.1 Å². The molecule has 0 aliphatic rings. The lowest BCUT2D eigenvalue weighted by atomic mass is 10.1. The lowest BCUT2D eigenvalue weighted by molar-refractivity contribution is 0.259. The average molecular weight is 357 g/mol. The number of ether oxygens (including phenoxy) is 2. The lowest BCUT2D eigenvalue weighted by Crippen LogP contribution is -2.03. The van der Waals surface area contributed by atoms with E-state index in [9.17, 15) is 0 Å². The molecular weight excluding hydrogens is 320 g/mol. The molecule has 0 amide bonds. The van der Waals surface area contributed by atoms with Crippen LogP contribution in [-0.2, 0) is 0 Å². The van der Waals surface area contributed by atoms with Crippen molar-refractivity contribution < 1.29 is 9.47 Å². The first-order valence-electron chi connectivity index (χ1n) is 10.6. The van der Waals surface area contributed by atoms with Crippen molar-refractivity contribution in [1.82, 2.24) is 0 Å². The molecule has 2 rings (SSSR count). The molecule has 0 saturated heterocycles. The zero-order valence-corrected chi connectivity index (χ0v) is 16.8.